The fraction of sp³-hybridized carbons (Fsp3) is 0.469. The first-order chi connectivity index (χ1) is 18.6. The minimum atomic E-state index is -0.566. The number of halogens is 1. The van der Waals surface area contributed by atoms with Gasteiger partial charge in [-0.05, 0) is 83.9 Å². The molecule has 0 aromatic heterocycles. The Bertz CT molecular complexity index is 1360. The summed E-state index contributed by atoms with van der Waals surface area (Å²) in [6, 6.07) is 13.9. The third kappa shape index (κ3) is 5.42. The number of amides is 3. The molecule has 1 atom stereocenters. The van der Waals surface area contributed by atoms with Crippen LogP contribution in [-0.4, -0.2) is 53.2 Å². The van der Waals surface area contributed by atoms with E-state index in [4.69, 9.17) is 11.6 Å². The van der Waals surface area contributed by atoms with E-state index in [1.54, 1.807) is 10.5 Å². The van der Waals surface area contributed by atoms with Gasteiger partial charge in [-0.1, -0.05) is 55.3 Å². The van der Waals surface area contributed by atoms with Gasteiger partial charge in [-0.15, -0.1) is 0 Å². The molecule has 2 fully saturated rings. The molecule has 0 radical (unpaired) electrons. The molecule has 2 aromatic carbocycles. The SMILES string of the molecule is CC1(C)CCC(CN2CC(Cc3ccc4c(c3)CN(C3CCC(=O)NC3=O)C4=O)C2)=C(c2ccc(Cl)cc2)C1. The summed E-state index contributed by atoms with van der Waals surface area (Å²) in [6.07, 6.45) is 5.13. The van der Waals surface area contributed by atoms with Gasteiger partial charge in [0.05, 0.1) is 0 Å². The number of nitrogens with one attached hydrogen (secondary N) is 1. The second-order valence-corrected chi connectivity index (χ2v) is 13.0. The van der Waals surface area contributed by atoms with Crippen molar-refractivity contribution >= 4 is 34.9 Å². The Labute approximate surface area is 235 Å². The van der Waals surface area contributed by atoms with Crippen LogP contribution in [0.3, 0.4) is 0 Å². The number of benzene rings is 2. The van der Waals surface area contributed by atoms with E-state index in [0.717, 1.165) is 49.5 Å². The molecule has 7 heteroatoms. The maximum absolute atomic E-state index is 13.0. The van der Waals surface area contributed by atoms with Gasteiger partial charge in [0.15, 0.2) is 0 Å². The maximum atomic E-state index is 13.0. The fourth-order valence-electron chi connectivity index (χ4n) is 6.76. The van der Waals surface area contributed by atoms with Crippen molar-refractivity contribution in [1.29, 1.82) is 0 Å². The summed E-state index contributed by atoms with van der Waals surface area (Å²) in [6.45, 7) is 8.37. The number of hydrogen-bond acceptors (Lipinski definition) is 4. The highest BCUT2D eigenvalue weighted by Gasteiger charge is 2.39. The van der Waals surface area contributed by atoms with Crippen molar-refractivity contribution in [3.8, 4) is 0 Å². The molecule has 6 nitrogen and oxygen atoms in total. The van der Waals surface area contributed by atoms with E-state index >= 15 is 0 Å². The average Bonchev–Trinajstić information content (AvgIpc) is 3.19. The van der Waals surface area contributed by atoms with E-state index < -0.39 is 6.04 Å². The second-order valence-electron chi connectivity index (χ2n) is 12.6. The minimum Gasteiger partial charge on any atom is -0.322 e. The van der Waals surface area contributed by atoms with Crippen LogP contribution in [0.1, 0.15) is 73.0 Å². The number of likely N-dealkylation sites (tertiary alicyclic amines) is 1. The normalized spacial score (nSPS) is 23.6. The molecule has 3 amide bonds. The van der Waals surface area contributed by atoms with Crippen molar-refractivity contribution in [2.24, 2.45) is 11.3 Å². The number of rotatable bonds is 6. The molecule has 39 heavy (non-hydrogen) atoms. The summed E-state index contributed by atoms with van der Waals surface area (Å²) in [4.78, 5) is 41.0. The predicted octanol–water partition coefficient (Wildman–Crippen LogP) is 5.24. The van der Waals surface area contributed by atoms with E-state index in [9.17, 15) is 14.4 Å². The third-order valence-corrected chi connectivity index (χ3v) is 9.19. The summed E-state index contributed by atoms with van der Waals surface area (Å²) < 4.78 is 0. The summed E-state index contributed by atoms with van der Waals surface area (Å²) in [7, 11) is 0. The van der Waals surface area contributed by atoms with Crippen LogP contribution in [0.2, 0.25) is 5.02 Å². The Hall–Kier alpha value is -2.96. The first-order valence-electron chi connectivity index (χ1n) is 14.1. The average molecular weight is 546 g/mol. The molecule has 204 valence electrons. The topological polar surface area (TPSA) is 69.7 Å². The van der Waals surface area contributed by atoms with Gasteiger partial charge < -0.3 is 4.90 Å². The number of fused-ring (bicyclic) bond motifs is 1. The molecule has 1 N–H and O–H groups in total. The molecule has 3 aliphatic heterocycles. The Morgan fingerprint density at radius 2 is 1.79 bits per heavy atom. The van der Waals surface area contributed by atoms with E-state index in [1.165, 1.54) is 23.1 Å². The zero-order chi connectivity index (χ0) is 27.3. The Morgan fingerprint density at radius 3 is 2.54 bits per heavy atom. The molecule has 0 saturated carbocycles. The molecule has 2 saturated heterocycles. The fourth-order valence-corrected chi connectivity index (χ4v) is 6.88. The molecule has 6 rings (SSSR count). The number of piperidine rings is 1. The van der Waals surface area contributed by atoms with Crippen LogP contribution in [-0.2, 0) is 22.6 Å². The molecule has 1 unspecified atom stereocenters. The van der Waals surface area contributed by atoms with Gasteiger partial charge in [0.1, 0.15) is 6.04 Å². The van der Waals surface area contributed by atoms with Gasteiger partial charge in [0.25, 0.3) is 5.91 Å². The number of imide groups is 1. The molecule has 4 aliphatic rings. The van der Waals surface area contributed by atoms with Crippen molar-refractivity contribution in [2.45, 2.75) is 65.0 Å². The summed E-state index contributed by atoms with van der Waals surface area (Å²) >= 11 is 6.16. The molecule has 3 heterocycles. The van der Waals surface area contributed by atoms with E-state index in [0.29, 0.717) is 29.9 Å². The van der Waals surface area contributed by atoms with Crippen LogP contribution in [0.5, 0.6) is 0 Å². The standard InChI is InChI=1S/C32H36ClN3O3/c1-32(2)12-11-23(27(15-32)22-4-6-25(33)7-5-22)18-35-16-21(17-35)13-20-3-8-26-24(14-20)19-36(31(26)39)28-9-10-29(37)34-30(28)38/h3-8,14,21,28H,9-13,15-19H2,1-2H3,(H,34,37,38). The van der Waals surface area contributed by atoms with Gasteiger partial charge in [-0.3, -0.25) is 24.6 Å². The van der Waals surface area contributed by atoms with Crippen molar-refractivity contribution in [2.75, 3.05) is 19.6 Å². The summed E-state index contributed by atoms with van der Waals surface area (Å²) in [5.41, 5.74) is 7.60. The quantitative estimate of drug-likeness (QED) is 0.504. The van der Waals surface area contributed by atoms with E-state index in [1.807, 2.05) is 18.2 Å². The largest absolute Gasteiger partial charge is 0.322 e. The molecule has 2 aromatic rings. The van der Waals surface area contributed by atoms with Gasteiger partial charge >= 0.3 is 0 Å². The Kier molecular flexibility index (Phi) is 6.88. The molecule has 1 aliphatic carbocycles. The summed E-state index contributed by atoms with van der Waals surface area (Å²) in [5.74, 6) is -0.132. The zero-order valence-electron chi connectivity index (χ0n) is 22.8. The second kappa shape index (κ2) is 10.2. The molecule has 0 spiro atoms. The minimum absolute atomic E-state index is 0.110. The summed E-state index contributed by atoms with van der Waals surface area (Å²) in [5, 5.41) is 3.15. The smallest absolute Gasteiger partial charge is 0.255 e. The van der Waals surface area contributed by atoms with Gasteiger partial charge in [0, 0.05) is 43.2 Å². The van der Waals surface area contributed by atoms with Gasteiger partial charge in [-0.2, -0.15) is 0 Å². The van der Waals surface area contributed by atoms with Crippen molar-refractivity contribution in [3.05, 3.63) is 75.3 Å². The van der Waals surface area contributed by atoms with Crippen molar-refractivity contribution in [1.82, 2.24) is 15.1 Å². The number of nitrogens with zero attached hydrogens (tertiary/aromatic N) is 2. The Balaban J connectivity index is 1.08. The highest BCUT2D eigenvalue weighted by Crippen LogP contribution is 2.43. The lowest BCUT2D eigenvalue weighted by atomic mass is 9.72. The predicted molar refractivity (Wildman–Crippen MR) is 152 cm³/mol. The Morgan fingerprint density at radius 1 is 1.03 bits per heavy atom. The van der Waals surface area contributed by atoms with Crippen molar-refractivity contribution < 1.29 is 14.4 Å². The lowest BCUT2D eigenvalue weighted by molar-refractivity contribution is -0.136. The van der Waals surface area contributed by atoms with Gasteiger partial charge in [-0.25, -0.2) is 0 Å². The van der Waals surface area contributed by atoms with E-state index in [-0.39, 0.29) is 24.1 Å². The lowest BCUT2D eigenvalue weighted by Gasteiger charge is -2.42. The number of allylic oxidation sites excluding steroid dienone is 1. The highest BCUT2D eigenvalue weighted by molar-refractivity contribution is 6.30. The molecular weight excluding hydrogens is 510 g/mol. The third-order valence-electron chi connectivity index (χ3n) is 8.94. The van der Waals surface area contributed by atoms with Crippen LogP contribution < -0.4 is 5.32 Å². The number of hydrogen-bond donors (Lipinski definition) is 1. The van der Waals surface area contributed by atoms with Crippen molar-refractivity contribution in [3.63, 3.8) is 0 Å². The van der Waals surface area contributed by atoms with Crippen LogP contribution in [0.15, 0.2) is 48.0 Å². The highest BCUT2D eigenvalue weighted by atomic mass is 35.5. The van der Waals surface area contributed by atoms with Crippen LogP contribution in [0.25, 0.3) is 5.57 Å². The first-order valence-corrected chi connectivity index (χ1v) is 14.5. The first kappa shape index (κ1) is 26.3. The molecular formula is C32H36ClN3O3. The lowest BCUT2D eigenvalue weighted by Crippen LogP contribution is -2.52. The van der Waals surface area contributed by atoms with E-state index in [2.05, 4.69) is 48.3 Å². The van der Waals surface area contributed by atoms with Crippen LogP contribution >= 0.6 is 11.6 Å². The van der Waals surface area contributed by atoms with Crippen LogP contribution in [0.4, 0.5) is 0 Å². The van der Waals surface area contributed by atoms with Crippen LogP contribution in [0, 0.1) is 11.3 Å². The number of carbonyl (C=O) groups excluding carboxylic acids is 3. The zero-order valence-corrected chi connectivity index (χ0v) is 23.5. The van der Waals surface area contributed by atoms with Gasteiger partial charge in [0.2, 0.25) is 11.8 Å². The molecule has 0 bridgehead atoms. The monoisotopic (exact) mass is 545 g/mol. The maximum Gasteiger partial charge on any atom is 0.255 e. The number of carbonyl (C=O) groups is 3.